The zero-order chi connectivity index (χ0) is 14.0. The topological polar surface area (TPSA) is 96.4 Å². The third-order valence-corrected chi connectivity index (χ3v) is 5.20. The lowest BCUT2D eigenvalue weighted by molar-refractivity contribution is 0.0311. The molecule has 2 N–H and O–H groups in total. The van der Waals surface area contributed by atoms with Crippen LogP contribution in [-0.2, 0) is 14.8 Å². The lowest BCUT2D eigenvalue weighted by atomic mass is 10.3. The average Bonchev–Trinajstić information content (AvgIpc) is 2.38. The molecule has 1 saturated heterocycles. The smallest absolute Gasteiger partial charge is 0.245 e. The minimum Gasteiger partial charge on any atom is -0.398 e. The van der Waals surface area contributed by atoms with Crippen LogP contribution in [-0.4, -0.2) is 38.5 Å². The molecule has 0 amide bonds. The van der Waals surface area contributed by atoms with Gasteiger partial charge in [-0.1, -0.05) is 15.9 Å². The van der Waals surface area contributed by atoms with Crippen LogP contribution in [0.3, 0.4) is 0 Å². The number of anilines is 1. The van der Waals surface area contributed by atoms with Gasteiger partial charge >= 0.3 is 0 Å². The number of nitrogens with two attached hydrogens (primary N) is 1. The Morgan fingerprint density at radius 3 is 2.89 bits per heavy atom. The summed E-state index contributed by atoms with van der Waals surface area (Å²) in [5, 5.41) is 8.81. The number of nitrogen functional groups attached to an aromatic ring is 1. The molecule has 1 aliphatic heterocycles. The summed E-state index contributed by atoms with van der Waals surface area (Å²) in [6.07, 6.45) is -0.736. The van der Waals surface area contributed by atoms with Crippen molar-refractivity contribution in [3.05, 3.63) is 22.7 Å². The normalized spacial score (nSPS) is 20.9. The van der Waals surface area contributed by atoms with Gasteiger partial charge in [-0.05, 0) is 18.2 Å². The second-order valence-electron chi connectivity index (χ2n) is 4.03. The van der Waals surface area contributed by atoms with Crippen molar-refractivity contribution in [3.8, 4) is 6.07 Å². The number of halogens is 1. The summed E-state index contributed by atoms with van der Waals surface area (Å²) in [5.41, 5.74) is 5.92. The standard InChI is InChI=1S/C11H12BrN3O3S/c12-8-1-2-11(10(14)5-8)19(16,17)15-3-4-18-9(6-13)7-15/h1-2,5,9H,3-4,7,14H2. The molecule has 1 aromatic rings. The van der Waals surface area contributed by atoms with Gasteiger partial charge in [-0.25, -0.2) is 8.42 Å². The molecule has 1 fully saturated rings. The molecular weight excluding hydrogens is 334 g/mol. The van der Waals surface area contributed by atoms with Crippen molar-refractivity contribution in [2.75, 3.05) is 25.4 Å². The van der Waals surface area contributed by atoms with E-state index < -0.39 is 16.1 Å². The van der Waals surface area contributed by atoms with Gasteiger partial charge in [-0.2, -0.15) is 9.57 Å². The maximum absolute atomic E-state index is 12.4. The van der Waals surface area contributed by atoms with Gasteiger partial charge in [0.1, 0.15) is 4.90 Å². The van der Waals surface area contributed by atoms with Crippen LogP contribution < -0.4 is 5.73 Å². The van der Waals surface area contributed by atoms with Crippen LogP contribution in [0.25, 0.3) is 0 Å². The number of hydrogen-bond acceptors (Lipinski definition) is 5. The number of rotatable bonds is 2. The van der Waals surface area contributed by atoms with Crippen molar-refractivity contribution in [1.82, 2.24) is 4.31 Å². The Labute approximate surface area is 119 Å². The highest BCUT2D eigenvalue weighted by atomic mass is 79.9. The van der Waals surface area contributed by atoms with E-state index in [-0.39, 0.29) is 30.3 Å². The van der Waals surface area contributed by atoms with Gasteiger partial charge in [0, 0.05) is 11.0 Å². The molecule has 1 unspecified atom stereocenters. The van der Waals surface area contributed by atoms with Gasteiger partial charge in [0.25, 0.3) is 0 Å². The molecule has 6 nitrogen and oxygen atoms in total. The first-order valence-corrected chi connectivity index (χ1v) is 7.75. The van der Waals surface area contributed by atoms with E-state index in [4.69, 9.17) is 15.7 Å². The number of morpholine rings is 1. The monoisotopic (exact) mass is 345 g/mol. The van der Waals surface area contributed by atoms with Gasteiger partial charge in [-0.3, -0.25) is 0 Å². The number of ether oxygens (including phenoxy) is 1. The average molecular weight is 346 g/mol. The predicted molar refractivity (Wildman–Crippen MR) is 72.7 cm³/mol. The zero-order valence-electron chi connectivity index (χ0n) is 9.91. The molecule has 19 heavy (non-hydrogen) atoms. The molecule has 1 aliphatic rings. The lowest BCUT2D eigenvalue weighted by Crippen LogP contribution is -2.45. The molecule has 102 valence electrons. The molecule has 1 atom stereocenters. The van der Waals surface area contributed by atoms with Crippen molar-refractivity contribution < 1.29 is 13.2 Å². The van der Waals surface area contributed by atoms with Crippen LogP contribution in [0.4, 0.5) is 5.69 Å². The van der Waals surface area contributed by atoms with E-state index in [2.05, 4.69) is 15.9 Å². The highest BCUT2D eigenvalue weighted by Gasteiger charge is 2.31. The van der Waals surface area contributed by atoms with Crippen LogP contribution >= 0.6 is 15.9 Å². The maximum atomic E-state index is 12.4. The first-order valence-electron chi connectivity index (χ1n) is 5.51. The number of hydrogen-bond donors (Lipinski definition) is 1. The van der Waals surface area contributed by atoms with E-state index in [1.165, 1.54) is 16.4 Å². The van der Waals surface area contributed by atoms with Crippen molar-refractivity contribution in [1.29, 1.82) is 5.26 Å². The molecule has 1 aromatic carbocycles. The van der Waals surface area contributed by atoms with E-state index in [9.17, 15) is 8.42 Å². The Balaban J connectivity index is 2.34. The molecule has 2 rings (SSSR count). The summed E-state index contributed by atoms with van der Waals surface area (Å²) in [4.78, 5) is 0.0503. The molecule has 0 spiro atoms. The Hall–Kier alpha value is -1.14. The van der Waals surface area contributed by atoms with Gasteiger partial charge in [-0.15, -0.1) is 0 Å². The van der Waals surface area contributed by atoms with Crippen LogP contribution in [0.2, 0.25) is 0 Å². The van der Waals surface area contributed by atoms with Gasteiger partial charge in [0.15, 0.2) is 6.10 Å². The Morgan fingerprint density at radius 2 is 2.26 bits per heavy atom. The molecule has 0 radical (unpaired) electrons. The fraction of sp³-hybridized carbons (Fsp3) is 0.364. The van der Waals surface area contributed by atoms with Crippen molar-refractivity contribution >= 4 is 31.6 Å². The minimum atomic E-state index is -3.70. The first-order chi connectivity index (χ1) is 8.95. The summed E-state index contributed by atoms with van der Waals surface area (Å²) >= 11 is 3.23. The van der Waals surface area contributed by atoms with E-state index in [0.29, 0.717) is 4.47 Å². The summed E-state index contributed by atoms with van der Waals surface area (Å²) in [5.74, 6) is 0. The predicted octanol–water partition coefficient (Wildman–Crippen LogP) is 0.944. The third kappa shape index (κ3) is 2.90. The van der Waals surface area contributed by atoms with Crippen LogP contribution in [0.5, 0.6) is 0 Å². The lowest BCUT2D eigenvalue weighted by Gasteiger charge is -2.29. The van der Waals surface area contributed by atoms with Crippen molar-refractivity contribution in [3.63, 3.8) is 0 Å². The van der Waals surface area contributed by atoms with Crippen LogP contribution in [0, 0.1) is 11.3 Å². The minimum absolute atomic E-state index is 0.0222. The largest absolute Gasteiger partial charge is 0.398 e. The quantitative estimate of drug-likeness (QED) is 0.804. The molecule has 0 aliphatic carbocycles. The van der Waals surface area contributed by atoms with E-state index in [1.54, 1.807) is 6.07 Å². The van der Waals surface area contributed by atoms with Crippen molar-refractivity contribution in [2.24, 2.45) is 0 Å². The van der Waals surface area contributed by atoms with E-state index >= 15 is 0 Å². The fourth-order valence-electron chi connectivity index (χ4n) is 1.82. The Kier molecular flexibility index (Phi) is 4.10. The molecule has 0 saturated carbocycles. The third-order valence-electron chi connectivity index (χ3n) is 2.76. The first kappa shape index (κ1) is 14.3. The second kappa shape index (κ2) is 5.46. The molecule has 8 heteroatoms. The molecule has 1 heterocycles. The summed E-state index contributed by atoms with van der Waals surface area (Å²) in [6.45, 7) is 0.443. The number of benzene rings is 1. The van der Waals surface area contributed by atoms with Gasteiger partial charge in [0.2, 0.25) is 10.0 Å². The van der Waals surface area contributed by atoms with Gasteiger partial charge < -0.3 is 10.5 Å². The number of nitrogens with zero attached hydrogens (tertiary/aromatic N) is 2. The van der Waals surface area contributed by atoms with Crippen LogP contribution in [0.15, 0.2) is 27.6 Å². The molecule has 0 bridgehead atoms. The fourth-order valence-corrected chi connectivity index (χ4v) is 3.72. The van der Waals surface area contributed by atoms with Crippen LogP contribution in [0.1, 0.15) is 0 Å². The second-order valence-corrected chi connectivity index (χ2v) is 6.86. The number of sulfonamides is 1. The zero-order valence-corrected chi connectivity index (χ0v) is 12.3. The van der Waals surface area contributed by atoms with Crippen molar-refractivity contribution in [2.45, 2.75) is 11.0 Å². The van der Waals surface area contributed by atoms with E-state index in [0.717, 1.165) is 0 Å². The van der Waals surface area contributed by atoms with Gasteiger partial charge in [0.05, 0.1) is 24.9 Å². The highest BCUT2D eigenvalue weighted by molar-refractivity contribution is 9.10. The molecule has 0 aromatic heterocycles. The Bertz CT molecular complexity index is 627. The Morgan fingerprint density at radius 1 is 1.53 bits per heavy atom. The maximum Gasteiger partial charge on any atom is 0.245 e. The summed E-state index contributed by atoms with van der Waals surface area (Å²) in [7, 11) is -3.70. The SMILES string of the molecule is N#CC1CN(S(=O)(=O)c2ccc(Br)cc2N)CCO1. The highest BCUT2D eigenvalue weighted by Crippen LogP contribution is 2.26. The number of nitriles is 1. The molecular formula is C11H12BrN3O3S. The summed E-state index contributed by atoms with van der Waals surface area (Å²) in [6, 6.07) is 6.52. The van der Waals surface area contributed by atoms with E-state index in [1.807, 2.05) is 6.07 Å². The summed E-state index contributed by atoms with van der Waals surface area (Å²) < 4.78 is 32.0.